The van der Waals surface area contributed by atoms with Gasteiger partial charge < -0.3 is 14.8 Å². The van der Waals surface area contributed by atoms with Crippen LogP contribution in [0.15, 0.2) is 0 Å². The Bertz CT molecular complexity index is 135. The first kappa shape index (κ1) is 16.9. The standard InChI is InChI=1S/C8H16O.C4H9NO.C2H6/c1-8(2)5-3-4-6-9-7-8;1-3-6-4-2-5-1;1-2/h3-7H2,1-2H3;5H,1-4H2;1-2H3. The Hall–Kier alpha value is -0.120. The Kier molecular flexibility index (Phi) is 10.9. The lowest BCUT2D eigenvalue weighted by atomic mass is 9.89. The summed E-state index contributed by atoms with van der Waals surface area (Å²) in [7, 11) is 0. The minimum Gasteiger partial charge on any atom is -0.381 e. The van der Waals surface area contributed by atoms with Crippen LogP contribution < -0.4 is 5.32 Å². The lowest BCUT2D eigenvalue weighted by molar-refractivity contribution is 0.0802. The zero-order valence-corrected chi connectivity index (χ0v) is 12.2. The van der Waals surface area contributed by atoms with E-state index in [1.807, 2.05) is 13.8 Å². The zero-order chi connectivity index (χ0) is 13.0. The van der Waals surface area contributed by atoms with Crippen LogP contribution in [0.5, 0.6) is 0 Å². The second-order valence-electron chi connectivity index (χ2n) is 5.04. The molecule has 0 aromatic rings. The van der Waals surface area contributed by atoms with E-state index < -0.39 is 0 Å². The fourth-order valence-electron chi connectivity index (χ4n) is 1.74. The molecule has 3 heteroatoms. The molecule has 2 rings (SSSR count). The second-order valence-corrected chi connectivity index (χ2v) is 5.04. The molecule has 0 aromatic carbocycles. The highest BCUT2D eigenvalue weighted by Crippen LogP contribution is 2.25. The van der Waals surface area contributed by atoms with Crippen LogP contribution in [0.3, 0.4) is 0 Å². The number of morpholine rings is 1. The van der Waals surface area contributed by atoms with Crippen LogP contribution in [-0.2, 0) is 9.47 Å². The highest BCUT2D eigenvalue weighted by atomic mass is 16.5. The van der Waals surface area contributed by atoms with Crippen molar-refractivity contribution in [2.45, 2.75) is 47.0 Å². The van der Waals surface area contributed by atoms with Crippen molar-refractivity contribution in [3.63, 3.8) is 0 Å². The van der Waals surface area contributed by atoms with Crippen LogP contribution in [0, 0.1) is 5.41 Å². The molecule has 1 N–H and O–H groups in total. The monoisotopic (exact) mass is 245 g/mol. The average Bonchev–Trinajstić information content (AvgIpc) is 2.58. The van der Waals surface area contributed by atoms with Gasteiger partial charge in [-0.2, -0.15) is 0 Å². The first-order valence-corrected chi connectivity index (χ1v) is 7.07. The first-order valence-electron chi connectivity index (χ1n) is 7.07. The molecule has 2 fully saturated rings. The van der Waals surface area contributed by atoms with Crippen molar-refractivity contribution in [2.75, 3.05) is 39.5 Å². The Morgan fingerprint density at radius 3 is 2.00 bits per heavy atom. The summed E-state index contributed by atoms with van der Waals surface area (Å²) in [6.45, 7) is 14.3. The van der Waals surface area contributed by atoms with Gasteiger partial charge in [0.25, 0.3) is 0 Å². The molecule has 0 radical (unpaired) electrons. The van der Waals surface area contributed by atoms with Crippen molar-refractivity contribution in [3.8, 4) is 0 Å². The van der Waals surface area contributed by atoms with E-state index in [2.05, 4.69) is 19.2 Å². The molecule has 17 heavy (non-hydrogen) atoms. The zero-order valence-electron chi connectivity index (χ0n) is 12.2. The van der Waals surface area contributed by atoms with Crippen molar-refractivity contribution < 1.29 is 9.47 Å². The summed E-state index contributed by atoms with van der Waals surface area (Å²) in [5.74, 6) is 0. The van der Waals surface area contributed by atoms with Gasteiger partial charge in [-0.3, -0.25) is 0 Å². The molecule has 0 bridgehead atoms. The smallest absolute Gasteiger partial charge is 0.0591 e. The second kappa shape index (κ2) is 11.0. The third-order valence-electron chi connectivity index (χ3n) is 2.73. The van der Waals surface area contributed by atoms with Gasteiger partial charge in [-0.25, -0.2) is 0 Å². The van der Waals surface area contributed by atoms with Crippen LogP contribution in [0.1, 0.15) is 47.0 Å². The van der Waals surface area contributed by atoms with Gasteiger partial charge >= 0.3 is 0 Å². The molecule has 0 aliphatic carbocycles. The fraction of sp³-hybridized carbons (Fsp3) is 1.00. The Balaban J connectivity index is 0.000000278. The average molecular weight is 245 g/mol. The molecule has 2 saturated heterocycles. The van der Waals surface area contributed by atoms with Gasteiger partial charge in [0.1, 0.15) is 0 Å². The van der Waals surface area contributed by atoms with E-state index >= 15 is 0 Å². The predicted octanol–water partition coefficient (Wildman–Crippen LogP) is 2.85. The maximum absolute atomic E-state index is 5.41. The Labute approximate surface area is 107 Å². The molecular weight excluding hydrogens is 214 g/mol. The molecule has 0 aromatic heterocycles. The van der Waals surface area contributed by atoms with E-state index in [4.69, 9.17) is 9.47 Å². The maximum Gasteiger partial charge on any atom is 0.0591 e. The van der Waals surface area contributed by atoms with E-state index in [9.17, 15) is 0 Å². The molecule has 0 spiro atoms. The topological polar surface area (TPSA) is 30.5 Å². The van der Waals surface area contributed by atoms with Crippen molar-refractivity contribution in [2.24, 2.45) is 5.41 Å². The van der Waals surface area contributed by atoms with Crippen molar-refractivity contribution in [1.82, 2.24) is 5.32 Å². The van der Waals surface area contributed by atoms with Crippen molar-refractivity contribution in [1.29, 1.82) is 0 Å². The summed E-state index contributed by atoms with van der Waals surface area (Å²) in [4.78, 5) is 0. The van der Waals surface area contributed by atoms with Crippen molar-refractivity contribution in [3.05, 3.63) is 0 Å². The van der Waals surface area contributed by atoms with Crippen LogP contribution in [0.4, 0.5) is 0 Å². The molecule has 0 amide bonds. The van der Waals surface area contributed by atoms with Gasteiger partial charge in [0.2, 0.25) is 0 Å². The third-order valence-corrected chi connectivity index (χ3v) is 2.73. The predicted molar refractivity (Wildman–Crippen MR) is 73.5 cm³/mol. The molecule has 104 valence electrons. The minimum absolute atomic E-state index is 0.441. The van der Waals surface area contributed by atoms with Crippen molar-refractivity contribution >= 4 is 0 Å². The third kappa shape index (κ3) is 10.7. The summed E-state index contributed by atoms with van der Waals surface area (Å²) >= 11 is 0. The Morgan fingerprint density at radius 1 is 0.882 bits per heavy atom. The summed E-state index contributed by atoms with van der Waals surface area (Å²) in [5.41, 5.74) is 0.441. The van der Waals surface area contributed by atoms with Gasteiger partial charge in [0, 0.05) is 19.7 Å². The van der Waals surface area contributed by atoms with Gasteiger partial charge in [0.15, 0.2) is 0 Å². The highest BCUT2D eigenvalue weighted by molar-refractivity contribution is 4.69. The van der Waals surface area contributed by atoms with E-state index in [-0.39, 0.29) is 0 Å². The normalized spacial score (nSPS) is 23.3. The number of ether oxygens (including phenoxy) is 2. The molecule has 0 atom stereocenters. The SMILES string of the molecule is C1COCCN1.CC.CC1(C)CCCCOC1. The number of nitrogens with one attached hydrogen (secondary N) is 1. The summed E-state index contributed by atoms with van der Waals surface area (Å²) in [6.07, 6.45) is 3.92. The molecule has 0 saturated carbocycles. The lowest BCUT2D eigenvalue weighted by Crippen LogP contribution is -2.30. The summed E-state index contributed by atoms with van der Waals surface area (Å²) in [5, 5.41) is 3.16. The van der Waals surface area contributed by atoms with Gasteiger partial charge in [-0.1, -0.05) is 34.1 Å². The molecular formula is C14H31NO2. The molecule has 0 unspecified atom stereocenters. The lowest BCUT2D eigenvalue weighted by Gasteiger charge is -2.20. The van der Waals surface area contributed by atoms with Gasteiger partial charge in [-0.15, -0.1) is 0 Å². The van der Waals surface area contributed by atoms with E-state index in [0.717, 1.165) is 39.5 Å². The summed E-state index contributed by atoms with van der Waals surface area (Å²) in [6, 6.07) is 0. The summed E-state index contributed by atoms with van der Waals surface area (Å²) < 4.78 is 10.4. The molecule has 3 nitrogen and oxygen atoms in total. The maximum atomic E-state index is 5.41. The van der Waals surface area contributed by atoms with E-state index in [0.29, 0.717) is 5.41 Å². The largest absolute Gasteiger partial charge is 0.381 e. The van der Waals surface area contributed by atoms with Crippen LogP contribution in [0.25, 0.3) is 0 Å². The van der Waals surface area contributed by atoms with E-state index in [1.165, 1.54) is 19.3 Å². The van der Waals surface area contributed by atoms with E-state index in [1.54, 1.807) is 0 Å². The highest BCUT2D eigenvalue weighted by Gasteiger charge is 2.19. The van der Waals surface area contributed by atoms with Crippen LogP contribution in [0.2, 0.25) is 0 Å². The quantitative estimate of drug-likeness (QED) is 0.712. The fourth-order valence-corrected chi connectivity index (χ4v) is 1.74. The molecule has 2 heterocycles. The first-order chi connectivity index (χ1) is 8.21. The molecule has 2 aliphatic heterocycles. The number of hydrogen-bond acceptors (Lipinski definition) is 3. The number of hydrogen-bond donors (Lipinski definition) is 1. The van der Waals surface area contributed by atoms with Gasteiger partial charge in [-0.05, 0) is 18.3 Å². The molecule has 2 aliphatic rings. The number of rotatable bonds is 0. The van der Waals surface area contributed by atoms with Crippen LogP contribution >= 0.6 is 0 Å². The van der Waals surface area contributed by atoms with Gasteiger partial charge in [0.05, 0.1) is 19.8 Å². The Morgan fingerprint density at radius 2 is 1.53 bits per heavy atom. The minimum atomic E-state index is 0.441. The van der Waals surface area contributed by atoms with Crippen LogP contribution in [-0.4, -0.2) is 39.5 Å².